The standard InChI is InChI=1S/C13H15Br2NO2/c1-8-9(2-3-18-8)7-16-13(17)10-4-11(14)6-12(15)5-10/h4-6,8-9H,2-3,7H2,1H3,(H,16,17). The zero-order chi connectivity index (χ0) is 13.1. The van der Waals surface area contributed by atoms with Crippen LogP contribution in [0.2, 0.25) is 0 Å². The molecular weight excluding hydrogens is 362 g/mol. The summed E-state index contributed by atoms with van der Waals surface area (Å²) < 4.78 is 7.25. The molecule has 1 saturated heterocycles. The minimum absolute atomic E-state index is 0.0453. The molecule has 1 amide bonds. The van der Waals surface area contributed by atoms with Crippen molar-refractivity contribution >= 4 is 37.8 Å². The molecule has 2 atom stereocenters. The molecule has 2 rings (SSSR count). The molecule has 1 fully saturated rings. The van der Waals surface area contributed by atoms with Gasteiger partial charge < -0.3 is 10.1 Å². The highest BCUT2D eigenvalue weighted by molar-refractivity contribution is 9.11. The molecule has 0 aromatic heterocycles. The molecule has 0 radical (unpaired) electrons. The summed E-state index contributed by atoms with van der Waals surface area (Å²) in [6, 6.07) is 5.53. The second kappa shape index (κ2) is 6.17. The molecule has 98 valence electrons. The molecule has 1 aliphatic rings. The summed E-state index contributed by atoms with van der Waals surface area (Å²) in [5.41, 5.74) is 0.655. The van der Waals surface area contributed by atoms with E-state index in [1.165, 1.54) is 0 Å². The van der Waals surface area contributed by atoms with Crippen LogP contribution in [0.4, 0.5) is 0 Å². The Morgan fingerprint density at radius 3 is 2.61 bits per heavy atom. The first kappa shape index (κ1) is 14.0. The fourth-order valence-electron chi connectivity index (χ4n) is 2.05. The van der Waals surface area contributed by atoms with E-state index in [4.69, 9.17) is 4.74 Å². The fraction of sp³-hybridized carbons (Fsp3) is 0.462. The van der Waals surface area contributed by atoms with E-state index in [-0.39, 0.29) is 12.0 Å². The lowest BCUT2D eigenvalue weighted by Crippen LogP contribution is -2.31. The van der Waals surface area contributed by atoms with Crippen molar-refractivity contribution in [2.75, 3.05) is 13.2 Å². The van der Waals surface area contributed by atoms with E-state index in [0.29, 0.717) is 18.0 Å². The lowest BCUT2D eigenvalue weighted by molar-refractivity contribution is 0.0907. The highest BCUT2D eigenvalue weighted by Gasteiger charge is 2.24. The summed E-state index contributed by atoms with van der Waals surface area (Å²) in [7, 11) is 0. The number of halogens is 2. The van der Waals surface area contributed by atoms with Crippen LogP contribution in [0.15, 0.2) is 27.1 Å². The van der Waals surface area contributed by atoms with Crippen LogP contribution in [-0.2, 0) is 4.74 Å². The maximum atomic E-state index is 12.0. The molecule has 0 aliphatic carbocycles. The van der Waals surface area contributed by atoms with E-state index >= 15 is 0 Å². The lowest BCUT2D eigenvalue weighted by Gasteiger charge is -2.14. The number of carbonyl (C=O) groups is 1. The molecule has 1 heterocycles. The zero-order valence-electron chi connectivity index (χ0n) is 10.1. The number of carbonyl (C=O) groups excluding carboxylic acids is 1. The van der Waals surface area contributed by atoms with E-state index in [1.54, 1.807) is 0 Å². The second-order valence-electron chi connectivity index (χ2n) is 4.49. The van der Waals surface area contributed by atoms with Gasteiger partial charge in [0, 0.05) is 33.6 Å². The van der Waals surface area contributed by atoms with Crippen LogP contribution >= 0.6 is 31.9 Å². The van der Waals surface area contributed by atoms with Crippen molar-refractivity contribution in [1.82, 2.24) is 5.32 Å². The summed E-state index contributed by atoms with van der Waals surface area (Å²) >= 11 is 6.76. The fourth-order valence-corrected chi connectivity index (χ4v) is 3.35. The number of rotatable bonds is 3. The first-order chi connectivity index (χ1) is 8.56. The van der Waals surface area contributed by atoms with E-state index < -0.39 is 0 Å². The van der Waals surface area contributed by atoms with Gasteiger partial charge >= 0.3 is 0 Å². The quantitative estimate of drug-likeness (QED) is 0.878. The first-order valence-corrected chi connectivity index (χ1v) is 7.51. The summed E-state index contributed by atoms with van der Waals surface area (Å²) in [6.45, 7) is 3.52. The Balaban J connectivity index is 1.95. The maximum Gasteiger partial charge on any atom is 0.251 e. The Hall–Kier alpha value is -0.390. The number of amides is 1. The van der Waals surface area contributed by atoms with Crippen LogP contribution in [-0.4, -0.2) is 25.2 Å². The number of benzene rings is 1. The molecule has 5 heteroatoms. The highest BCUT2D eigenvalue weighted by Crippen LogP contribution is 2.21. The normalized spacial score (nSPS) is 23.1. The topological polar surface area (TPSA) is 38.3 Å². The van der Waals surface area contributed by atoms with Crippen molar-refractivity contribution in [1.29, 1.82) is 0 Å². The minimum Gasteiger partial charge on any atom is -0.378 e. The molecule has 3 nitrogen and oxygen atoms in total. The van der Waals surface area contributed by atoms with Crippen molar-refractivity contribution < 1.29 is 9.53 Å². The lowest BCUT2D eigenvalue weighted by atomic mass is 10.0. The first-order valence-electron chi connectivity index (χ1n) is 5.92. The third-order valence-electron chi connectivity index (χ3n) is 3.18. The van der Waals surface area contributed by atoms with Gasteiger partial charge in [-0.3, -0.25) is 4.79 Å². The second-order valence-corrected chi connectivity index (χ2v) is 6.32. The van der Waals surface area contributed by atoms with Crippen molar-refractivity contribution in [2.45, 2.75) is 19.4 Å². The number of ether oxygens (including phenoxy) is 1. The van der Waals surface area contributed by atoms with Gasteiger partial charge in [-0.1, -0.05) is 31.9 Å². The smallest absolute Gasteiger partial charge is 0.251 e. The molecule has 1 aromatic carbocycles. The Morgan fingerprint density at radius 2 is 2.06 bits per heavy atom. The number of nitrogens with one attached hydrogen (secondary N) is 1. The summed E-state index contributed by atoms with van der Waals surface area (Å²) in [5.74, 6) is 0.376. The average Bonchev–Trinajstić information content (AvgIpc) is 2.70. The van der Waals surface area contributed by atoms with Gasteiger partial charge in [-0.2, -0.15) is 0 Å². The van der Waals surface area contributed by atoms with Crippen LogP contribution in [0.5, 0.6) is 0 Å². The molecule has 0 saturated carbocycles. The largest absolute Gasteiger partial charge is 0.378 e. The Morgan fingerprint density at radius 1 is 1.39 bits per heavy atom. The van der Waals surface area contributed by atoms with Crippen molar-refractivity contribution in [3.8, 4) is 0 Å². The molecular formula is C13H15Br2NO2. The predicted molar refractivity (Wildman–Crippen MR) is 77.7 cm³/mol. The number of hydrogen-bond acceptors (Lipinski definition) is 2. The third kappa shape index (κ3) is 3.56. The van der Waals surface area contributed by atoms with Gasteiger partial charge in [0.1, 0.15) is 0 Å². The SMILES string of the molecule is CC1OCCC1CNC(=O)c1cc(Br)cc(Br)c1. The monoisotopic (exact) mass is 375 g/mol. The van der Waals surface area contributed by atoms with E-state index in [1.807, 2.05) is 18.2 Å². The van der Waals surface area contributed by atoms with Crippen LogP contribution in [0.3, 0.4) is 0 Å². The van der Waals surface area contributed by atoms with E-state index in [2.05, 4.69) is 44.1 Å². The van der Waals surface area contributed by atoms with Crippen LogP contribution in [0.25, 0.3) is 0 Å². The van der Waals surface area contributed by atoms with Crippen LogP contribution in [0.1, 0.15) is 23.7 Å². The Bertz CT molecular complexity index is 430. The van der Waals surface area contributed by atoms with Crippen LogP contribution < -0.4 is 5.32 Å². The minimum atomic E-state index is -0.0453. The maximum absolute atomic E-state index is 12.0. The molecule has 0 bridgehead atoms. The molecule has 0 spiro atoms. The van der Waals surface area contributed by atoms with Gasteiger partial charge in [0.2, 0.25) is 0 Å². The Kier molecular flexibility index (Phi) is 4.81. The van der Waals surface area contributed by atoms with E-state index in [9.17, 15) is 4.79 Å². The highest BCUT2D eigenvalue weighted by atomic mass is 79.9. The molecule has 18 heavy (non-hydrogen) atoms. The van der Waals surface area contributed by atoms with Crippen molar-refractivity contribution in [2.24, 2.45) is 5.92 Å². The zero-order valence-corrected chi connectivity index (χ0v) is 13.3. The van der Waals surface area contributed by atoms with Crippen molar-refractivity contribution in [3.63, 3.8) is 0 Å². The van der Waals surface area contributed by atoms with Crippen molar-refractivity contribution in [3.05, 3.63) is 32.7 Å². The molecule has 1 N–H and O–H groups in total. The number of hydrogen-bond donors (Lipinski definition) is 1. The van der Waals surface area contributed by atoms with Gasteiger partial charge in [0.25, 0.3) is 5.91 Å². The molecule has 2 unspecified atom stereocenters. The predicted octanol–water partition coefficient (Wildman–Crippen LogP) is 3.37. The third-order valence-corrected chi connectivity index (χ3v) is 4.10. The van der Waals surface area contributed by atoms with Gasteiger partial charge in [-0.05, 0) is 31.5 Å². The molecule has 1 aromatic rings. The van der Waals surface area contributed by atoms with Gasteiger partial charge in [-0.25, -0.2) is 0 Å². The van der Waals surface area contributed by atoms with Gasteiger partial charge in [0.15, 0.2) is 0 Å². The molecule has 1 aliphatic heterocycles. The van der Waals surface area contributed by atoms with Gasteiger partial charge in [-0.15, -0.1) is 0 Å². The summed E-state index contributed by atoms with van der Waals surface area (Å²) in [6.07, 6.45) is 1.25. The average molecular weight is 377 g/mol. The van der Waals surface area contributed by atoms with E-state index in [0.717, 1.165) is 22.0 Å². The van der Waals surface area contributed by atoms with Gasteiger partial charge in [0.05, 0.1) is 6.10 Å². The summed E-state index contributed by atoms with van der Waals surface area (Å²) in [5, 5.41) is 2.97. The Labute approximate surface area is 124 Å². The van der Waals surface area contributed by atoms with Crippen LogP contribution in [0, 0.1) is 5.92 Å². The summed E-state index contributed by atoms with van der Waals surface area (Å²) in [4.78, 5) is 12.0.